The number of rotatable bonds is 9. The van der Waals surface area contributed by atoms with Gasteiger partial charge >= 0.3 is 0 Å². The van der Waals surface area contributed by atoms with Crippen LogP contribution < -0.4 is 4.74 Å². The lowest BCUT2D eigenvalue weighted by molar-refractivity contribution is 0.245. The number of H-pyrrole nitrogens is 1. The van der Waals surface area contributed by atoms with Crippen LogP contribution in [0.2, 0.25) is 0 Å². The van der Waals surface area contributed by atoms with Crippen LogP contribution in [0.15, 0.2) is 61.2 Å². The predicted octanol–water partition coefficient (Wildman–Crippen LogP) is 4.91. The van der Waals surface area contributed by atoms with Crippen LogP contribution in [-0.2, 0) is 19.6 Å². The highest BCUT2D eigenvalue weighted by Crippen LogP contribution is 2.27. The van der Waals surface area contributed by atoms with Gasteiger partial charge in [0.2, 0.25) is 0 Å². The molecule has 5 nitrogen and oxygen atoms in total. The number of aromatic nitrogens is 3. The largest absolute Gasteiger partial charge is 0.497 e. The summed E-state index contributed by atoms with van der Waals surface area (Å²) in [6.45, 7) is 5.40. The molecule has 0 aliphatic carbocycles. The quantitative estimate of drug-likeness (QED) is 0.429. The number of hydrogen-bond acceptors (Lipinski definition) is 3. The maximum absolute atomic E-state index is 13.7. The Bertz CT molecular complexity index is 1100. The minimum Gasteiger partial charge on any atom is -0.497 e. The van der Waals surface area contributed by atoms with Crippen molar-refractivity contribution in [2.75, 3.05) is 13.7 Å². The standard InChI is InChI=1S/C24H27FN4O/c1-18-22-14-21(30-2)7-8-23(22)27-24(18)16-29(11-4-10-28-12-9-26-17-28)15-19-5-3-6-20(25)13-19/h3,5-9,12-14,17,27H,4,10-11,15-16H2,1-2H3. The highest BCUT2D eigenvalue weighted by Gasteiger charge is 2.14. The SMILES string of the molecule is COc1ccc2[nH]c(CN(CCCn3ccnc3)Cc3cccc(F)c3)c(C)c2c1. The lowest BCUT2D eigenvalue weighted by Gasteiger charge is -2.22. The fourth-order valence-corrected chi connectivity index (χ4v) is 3.87. The number of ether oxygens (including phenoxy) is 1. The Morgan fingerprint density at radius 2 is 2.07 bits per heavy atom. The number of aromatic amines is 1. The van der Waals surface area contributed by atoms with Crippen molar-refractivity contribution in [3.8, 4) is 5.75 Å². The van der Waals surface area contributed by atoms with Crippen molar-refractivity contribution in [1.82, 2.24) is 19.4 Å². The number of methoxy groups -OCH3 is 1. The maximum Gasteiger partial charge on any atom is 0.123 e. The topological polar surface area (TPSA) is 46.1 Å². The summed E-state index contributed by atoms with van der Waals surface area (Å²) in [7, 11) is 1.69. The number of benzene rings is 2. The Kier molecular flexibility index (Phi) is 6.14. The maximum atomic E-state index is 13.7. The second-order valence-electron chi connectivity index (χ2n) is 7.63. The van der Waals surface area contributed by atoms with Crippen molar-refractivity contribution in [1.29, 1.82) is 0 Å². The van der Waals surface area contributed by atoms with E-state index in [9.17, 15) is 4.39 Å². The van der Waals surface area contributed by atoms with E-state index in [2.05, 4.69) is 38.5 Å². The highest BCUT2D eigenvalue weighted by atomic mass is 19.1. The Hall–Kier alpha value is -3.12. The van der Waals surface area contributed by atoms with E-state index in [4.69, 9.17) is 4.74 Å². The molecule has 0 aliphatic rings. The second-order valence-corrected chi connectivity index (χ2v) is 7.63. The number of nitrogens with one attached hydrogen (secondary N) is 1. The number of fused-ring (bicyclic) bond motifs is 1. The van der Waals surface area contributed by atoms with E-state index in [0.717, 1.165) is 42.9 Å². The zero-order valence-electron chi connectivity index (χ0n) is 17.4. The number of imidazole rings is 1. The lowest BCUT2D eigenvalue weighted by atomic mass is 10.1. The number of hydrogen-bond donors (Lipinski definition) is 1. The molecule has 0 saturated carbocycles. The lowest BCUT2D eigenvalue weighted by Crippen LogP contribution is -2.25. The van der Waals surface area contributed by atoms with Crippen molar-refractivity contribution in [2.45, 2.75) is 33.0 Å². The molecule has 1 N–H and O–H groups in total. The molecule has 6 heteroatoms. The van der Waals surface area contributed by atoms with Crippen LogP contribution >= 0.6 is 0 Å². The predicted molar refractivity (Wildman–Crippen MR) is 117 cm³/mol. The summed E-state index contributed by atoms with van der Waals surface area (Å²) in [6.07, 6.45) is 6.60. The smallest absolute Gasteiger partial charge is 0.123 e. The van der Waals surface area contributed by atoms with Crippen LogP contribution in [0.5, 0.6) is 5.75 Å². The molecule has 2 aromatic heterocycles. The second kappa shape index (κ2) is 9.13. The van der Waals surface area contributed by atoms with E-state index in [1.807, 2.05) is 24.7 Å². The Balaban J connectivity index is 1.53. The van der Waals surface area contributed by atoms with E-state index in [0.29, 0.717) is 6.54 Å². The third kappa shape index (κ3) is 4.71. The van der Waals surface area contributed by atoms with Gasteiger partial charge < -0.3 is 14.3 Å². The van der Waals surface area contributed by atoms with Gasteiger partial charge in [0.25, 0.3) is 0 Å². The average molecular weight is 407 g/mol. The molecule has 2 aromatic carbocycles. The Morgan fingerprint density at radius 3 is 2.83 bits per heavy atom. The van der Waals surface area contributed by atoms with E-state index < -0.39 is 0 Å². The zero-order chi connectivity index (χ0) is 20.9. The van der Waals surface area contributed by atoms with Crippen LogP contribution in [0.25, 0.3) is 10.9 Å². The number of aryl methyl sites for hydroxylation is 2. The fourth-order valence-electron chi connectivity index (χ4n) is 3.87. The van der Waals surface area contributed by atoms with E-state index in [-0.39, 0.29) is 5.82 Å². The molecule has 0 atom stereocenters. The first-order chi connectivity index (χ1) is 14.6. The van der Waals surface area contributed by atoms with Gasteiger partial charge in [-0.15, -0.1) is 0 Å². The summed E-state index contributed by atoms with van der Waals surface area (Å²) < 4.78 is 21.2. The van der Waals surface area contributed by atoms with Gasteiger partial charge in [-0.1, -0.05) is 12.1 Å². The molecular weight excluding hydrogens is 379 g/mol. The normalized spacial score (nSPS) is 11.5. The molecule has 2 heterocycles. The molecular formula is C24H27FN4O. The molecule has 0 fully saturated rings. The van der Waals surface area contributed by atoms with Crippen molar-refractivity contribution in [3.63, 3.8) is 0 Å². The molecule has 0 amide bonds. The highest BCUT2D eigenvalue weighted by molar-refractivity contribution is 5.85. The van der Waals surface area contributed by atoms with E-state index in [1.165, 1.54) is 22.7 Å². The minimum absolute atomic E-state index is 0.195. The Labute approximate surface area is 176 Å². The summed E-state index contributed by atoms with van der Waals surface area (Å²) in [5.41, 5.74) is 4.49. The van der Waals surface area contributed by atoms with Gasteiger partial charge in [-0.3, -0.25) is 4.90 Å². The van der Waals surface area contributed by atoms with Crippen molar-refractivity contribution in [3.05, 3.63) is 83.8 Å². The summed E-state index contributed by atoms with van der Waals surface area (Å²) in [5, 5.41) is 1.17. The van der Waals surface area contributed by atoms with Gasteiger partial charge in [0.1, 0.15) is 11.6 Å². The molecule has 0 radical (unpaired) electrons. The summed E-state index contributed by atoms with van der Waals surface area (Å²) >= 11 is 0. The Morgan fingerprint density at radius 1 is 1.17 bits per heavy atom. The van der Waals surface area contributed by atoms with Gasteiger partial charge in [0, 0.05) is 55.2 Å². The fraction of sp³-hybridized carbons (Fsp3) is 0.292. The third-order valence-electron chi connectivity index (χ3n) is 5.50. The first kappa shape index (κ1) is 20.2. The molecule has 0 saturated heterocycles. The van der Waals surface area contributed by atoms with Crippen LogP contribution in [0, 0.1) is 12.7 Å². The summed E-state index contributed by atoms with van der Waals surface area (Å²) in [6, 6.07) is 13.0. The molecule has 0 aliphatic heterocycles. The zero-order valence-corrected chi connectivity index (χ0v) is 17.4. The third-order valence-corrected chi connectivity index (χ3v) is 5.50. The summed E-state index contributed by atoms with van der Waals surface area (Å²) in [4.78, 5) is 10.0. The molecule has 4 rings (SSSR count). The van der Waals surface area contributed by atoms with Gasteiger partial charge in [-0.25, -0.2) is 9.37 Å². The molecule has 0 unspecified atom stereocenters. The van der Waals surface area contributed by atoms with Crippen LogP contribution in [-0.4, -0.2) is 33.1 Å². The average Bonchev–Trinajstić information content (AvgIpc) is 3.36. The first-order valence-corrected chi connectivity index (χ1v) is 10.2. The van der Waals surface area contributed by atoms with Gasteiger partial charge in [-0.05, 0) is 54.8 Å². The monoisotopic (exact) mass is 406 g/mol. The number of halogens is 1. The molecule has 4 aromatic rings. The molecule has 156 valence electrons. The van der Waals surface area contributed by atoms with Crippen LogP contribution in [0.3, 0.4) is 0 Å². The van der Waals surface area contributed by atoms with Gasteiger partial charge in [0.15, 0.2) is 0 Å². The molecule has 0 bridgehead atoms. The van der Waals surface area contributed by atoms with Crippen molar-refractivity contribution >= 4 is 10.9 Å². The van der Waals surface area contributed by atoms with Gasteiger partial charge in [0.05, 0.1) is 13.4 Å². The van der Waals surface area contributed by atoms with E-state index >= 15 is 0 Å². The number of nitrogens with zero attached hydrogens (tertiary/aromatic N) is 3. The molecule has 0 spiro atoms. The van der Waals surface area contributed by atoms with Gasteiger partial charge in [-0.2, -0.15) is 0 Å². The minimum atomic E-state index is -0.195. The van der Waals surface area contributed by atoms with E-state index in [1.54, 1.807) is 25.4 Å². The first-order valence-electron chi connectivity index (χ1n) is 10.2. The van der Waals surface area contributed by atoms with Crippen molar-refractivity contribution < 1.29 is 9.13 Å². The summed E-state index contributed by atoms with van der Waals surface area (Å²) in [5.74, 6) is 0.660. The van der Waals surface area contributed by atoms with Crippen LogP contribution in [0.1, 0.15) is 23.2 Å². The molecule has 30 heavy (non-hydrogen) atoms. The van der Waals surface area contributed by atoms with Crippen molar-refractivity contribution in [2.24, 2.45) is 0 Å². The van der Waals surface area contributed by atoms with Crippen LogP contribution in [0.4, 0.5) is 4.39 Å².